The first-order valence-electron chi connectivity index (χ1n) is 8.91. The van der Waals surface area contributed by atoms with Gasteiger partial charge >= 0.3 is 5.76 Å². The smallest absolute Gasteiger partial charge is 0.419 e. The molecule has 0 aliphatic carbocycles. The second-order valence-electron chi connectivity index (χ2n) is 6.81. The molecule has 3 aromatic heterocycles. The van der Waals surface area contributed by atoms with Crippen LogP contribution in [0.4, 0.5) is 0 Å². The number of furan rings is 1. The van der Waals surface area contributed by atoms with Gasteiger partial charge in [0.15, 0.2) is 5.58 Å². The standard InChI is InChI=1S/C19H20N4O5S/c1-12-9-13(2)23(21-12)16(17-5-4-8-27-17)11-20-29(25,26)14-6-7-18-15(10-14)22(3)19(24)28-18/h4-10,16,20H,11H2,1-3H3. The highest BCUT2D eigenvalue weighted by Gasteiger charge is 2.24. The number of nitrogens with one attached hydrogen (secondary N) is 1. The third-order valence-electron chi connectivity index (χ3n) is 4.75. The van der Waals surface area contributed by atoms with E-state index in [0.717, 1.165) is 11.4 Å². The molecule has 0 bridgehead atoms. The van der Waals surface area contributed by atoms with Crippen LogP contribution in [-0.2, 0) is 17.1 Å². The van der Waals surface area contributed by atoms with Gasteiger partial charge in [-0.25, -0.2) is 17.9 Å². The highest BCUT2D eigenvalue weighted by molar-refractivity contribution is 7.89. The van der Waals surface area contributed by atoms with Gasteiger partial charge in [0.25, 0.3) is 0 Å². The predicted octanol–water partition coefficient (Wildman–Crippen LogP) is 2.11. The van der Waals surface area contributed by atoms with Crippen molar-refractivity contribution in [2.24, 2.45) is 7.05 Å². The van der Waals surface area contributed by atoms with Crippen LogP contribution >= 0.6 is 0 Å². The number of aryl methyl sites for hydroxylation is 3. The quantitative estimate of drug-likeness (QED) is 0.515. The van der Waals surface area contributed by atoms with Gasteiger partial charge in [-0.1, -0.05) is 0 Å². The summed E-state index contributed by atoms with van der Waals surface area (Å²) in [7, 11) is -2.33. The van der Waals surface area contributed by atoms with Crippen LogP contribution in [0.5, 0.6) is 0 Å². The molecule has 4 rings (SSSR count). The lowest BCUT2D eigenvalue weighted by molar-refractivity contribution is 0.397. The van der Waals surface area contributed by atoms with Crippen LogP contribution in [0.25, 0.3) is 11.1 Å². The first-order valence-corrected chi connectivity index (χ1v) is 10.4. The van der Waals surface area contributed by atoms with E-state index in [0.29, 0.717) is 16.9 Å². The lowest BCUT2D eigenvalue weighted by Crippen LogP contribution is -2.32. The highest BCUT2D eigenvalue weighted by atomic mass is 32.2. The molecule has 0 saturated carbocycles. The van der Waals surface area contributed by atoms with Crippen molar-refractivity contribution in [1.82, 2.24) is 19.1 Å². The minimum absolute atomic E-state index is 0.0352. The van der Waals surface area contributed by atoms with Crippen LogP contribution in [0.1, 0.15) is 23.2 Å². The van der Waals surface area contributed by atoms with Gasteiger partial charge in [-0.2, -0.15) is 5.10 Å². The van der Waals surface area contributed by atoms with Crippen LogP contribution in [0, 0.1) is 13.8 Å². The third kappa shape index (κ3) is 3.52. The molecule has 152 valence electrons. The zero-order valence-corrected chi connectivity index (χ0v) is 16.9. The molecule has 0 aliphatic rings. The molecule has 0 saturated heterocycles. The molecule has 3 heterocycles. The molecule has 1 unspecified atom stereocenters. The lowest BCUT2D eigenvalue weighted by atomic mass is 10.2. The van der Waals surface area contributed by atoms with E-state index in [2.05, 4.69) is 9.82 Å². The fourth-order valence-corrected chi connectivity index (χ4v) is 4.35. The summed E-state index contributed by atoms with van der Waals surface area (Å²) in [6.45, 7) is 3.81. The van der Waals surface area contributed by atoms with Crippen molar-refractivity contribution in [1.29, 1.82) is 0 Å². The fraction of sp³-hybridized carbons (Fsp3) is 0.263. The number of oxazole rings is 1. The average molecular weight is 416 g/mol. The summed E-state index contributed by atoms with van der Waals surface area (Å²) in [6.07, 6.45) is 1.54. The zero-order chi connectivity index (χ0) is 20.8. The summed E-state index contributed by atoms with van der Waals surface area (Å²) in [6, 6.07) is 9.27. The Morgan fingerprint density at radius 3 is 2.66 bits per heavy atom. The number of nitrogens with zero attached hydrogens (tertiary/aromatic N) is 3. The Kier molecular flexibility index (Phi) is 4.67. The number of sulfonamides is 1. The maximum absolute atomic E-state index is 12.9. The van der Waals surface area contributed by atoms with E-state index in [1.54, 1.807) is 16.8 Å². The Hall–Kier alpha value is -3.11. The molecular weight excluding hydrogens is 396 g/mol. The van der Waals surface area contributed by atoms with E-state index >= 15 is 0 Å². The Bertz CT molecular complexity index is 1330. The second-order valence-corrected chi connectivity index (χ2v) is 8.58. The summed E-state index contributed by atoms with van der Waals surface area (Å²) in [5.41, 5.74) is 2.44. The van der Waals surface area contributed by atoms with Crippen LogP contribution in [0.3, 0.4) is 0 Å². The summed E-state index contributed by atoms with van der Waals surface area (Å²) >= 11 is 0. The minimum atomic E-state index is -3.85. The topological polar surface area (TPSA) is 112 Å². The van der Waals surface area contributed by atoms with Crippen LogP contribution in [0.15, 0.2) is 61.2 Å². The number of benzene rings is 1. The lowest BCUT2D eigenvalue weighted by Gasteiger charge is -2.18. The number of hydrogen-bond donors (Lipinski definition) is 1. The third-order valence-corrected chi connectivity index (χ3v) is 6.17. The molecule has 0 radical (unpaired) electrons. The Morgan fingerprint density at radius 2 is 2.00 bits per heavy atom. The van der Waals surface area contributed by atoms with E-state index in [1.807, 2.05) is 19.9 Å². The second kappa shape index (κ2) is 7.05. The van der Waals surface area contributed by atoms with E-state index in [4.69, 9.17) is 8.83 Å². The van der Waals surface area contributed by atoms with Crippen molar-refractivity contribution in [3.8, 4) is 0 Å². The molecule has 9 nitrogen and oxygen atoms in total. The van der Waals surface area contributed by atoms with Gasteiger partial charge in [0.05, 0.1) is 22.4 Å². The number of rotatable bonds is 6. The van der Waals surface area contributed by atoms with Gasteiger partial charge in [-0.05, 0) is 50.2 Å². The largest absolute Gasteiger partial charge is 0.467 e. The van der Waals surface area contributed by atoms with Crippen molar-refractivity contribution in [2.75, 3.05) is 6.54 Å². The normalized spacial score (nSPS) is 13.2. The molecule has 0 amide bonds. The summed E-state index contributed by atoms with van der Waals surface area (Å²) in [4.78, 5) is 11.7. The van der Waals surface area contributed by atoms with Gasteiger partial charge in [0.2, 0.25) is 10.0 Å². The Labute approximate surface area is 166 Å². The Morgan fingerprint density at radius 1 is 1.21 bits per heavy atom. The Balaban J connectivity index is 1.65. The first-order chi connectivity index (χ1) is 13.8. The maximum Gasteiger partial charge on any atom is 0.419 e. The zero-order valence-electron chi connectivity index (χ0n) is 16.1. The van der Waals surface area contributed by atoms with Gasteiger partial charge in [-0.3, -0.25) is 9.25 Å². The highest BCUT2D eigenvalue weighted by Crippen LogP contribution is 2.22. The number of fused-ring (bicyclic) bond motifs is 1. The minimum Gasteiger partial charge on any atom is -0.467 e. The monoisotopic (exact) mass is 416 g/mol. The molecule has 29 heavy (non-hydrogen) atoms. The van der Waals surface area contributed by atoms with Crippen molar-refractivity contribution < 1.29 is 17.3 Å². The van der Waals surface area contributed by atoms with Crippen molar-refractivity contribution >= 4 is 21.1 Å². The SMILES string of the molecule is Cc1cc(C)n(C(CNS(=O)(=O)c2ccc3oc(=O)n(C)c3c2)c2ccco2)n1. The molecule has 4 aromatic rings. The van der Waals surface area contributed by atoms with Gasteiger partial charge in [0.1, 0.15) is 11.8 Å². The fourth-order valence-electron chi connectivity index (χ4n) is 3.30. The first kappa shape index (κ1) is 19.2. The van der Waals surface area contributed by atoms with Crippen molar-refractivity contribution in [3.63, 3.8) is 0 Å². The predicted molar refractivity (Wildman–Crippen MR) is 105 cm³/mol. The molecule has 1 aromatic carbocycles. The van der Waals surface area contributed by atoms with E-state index in [1.165, 1.54) is 36.1 Å². The molecule has 0 aliphatic heterocycles. The van der Waals surface area contributed by atoms with Crippen LogP contribution < -0.4 is 10.5 Å². The van der Waals surface area contributed by atoms with Gasteiger partial charge < -0.3 is 8.83 Å². The van der Waals surface area contributed by atoms with E-state index < -0.39 is 21.8 Å². The number of hydrogen-bond acceptors (Lipinski definition) is 6. The van der Waals surface area contributed by atoms with Crippen molar-refractivity contribution in [3.05, 3.63) is 70.4 Å². The maximum atomic E-state index is 12.9. The summed E-state index contributed by atoms with van der Waals surface area (Å²) in [5, 5.41) is 4.47. The van der Waals surface area contributed by atoms with E-state index in [9.17, 15) is 13.2 Å². The molecular formula is C19H20N4O5S. The van der Waals surface area contributed by atoms with E-state index in [-0.39, 0.29) is 11.4 Å². The van der Waals surface area contributed by atoms with Crippen molar-refractivity contribution in [2.45, 2.75) is 24.8 Å². The summed E-state index contributed by atoms with van der Waals surface area (Å²) < 4.78 is 42.0. The summed E-state index contributed by atoms with van der Waals surface area (Å²) in [5.74, 6) is 0.0384. The van der Waals surface area contributed by atoms with Crippen LogP contribution in [-0.4, -0.2) is 29.3 Å². The number of aromatic nitrogens is 3. The molecule has 1 N–H and O–H groups in total. The average Bonchev–Trinajstić information content (AvgIpc) is 3.37. The van der Waals surface area contributed by atoms with Gasteiger partial charge in [0, 0.05) is 19.3 Å². The molecule has 10 heteroatoms. The van der Waals surface area contributed by atoms with Crippen LogP contribution in [0.2, 0.25) is 0 Å². The molecule has 0 fully saturated rings. The molecule has 0 spiro atoms. The molecule has 1 atom stereocenters. The van der Waals surface area contributed by atoms with Gasteiger partial charge in [-0.15, -0.1) is 0 Å².